The number of hydrogen-bond donors (Lipinski definition) is 4. The van der Waals surface area contributed by atoms with Crippen LogP contribution in [0.5, 0.6) is 0 Å². The summed E-state index contributed by atoms with van der Waals surface area (Å²) in [7, 11) is 0. The van der Waals surface area contributed by atoms with Crippen LogP contribution in [-0.4, -0.2) is 125 Å². The highest BCUT2D eigenvalue weighted by molar-refractivity contribution is 5.89. The van der Waals surface area contributed by atoms with Gasteiger partial charge in [-0.25, -0.2) is 19.2 Å². The van der Waals surface area contributed by atoms with Gasteiger partial charge in [0.25, 0.3) is 0 Å². The summed E-state index contributed by atoms with van der Waals surface area (Å²) in [4.78, 5) is 87.9. The Hall–Kier alpha value is -6.40. The topological polar surface area (TPSA) is 240 Å². The van der Waals surface area contributed by atoms with E-state index >= 15 is 0 Å². The largest absolute Gasteiger partial charge is 0.460 e. The molecule has 0 radical (unpaired) electrons. The van der Waals surface area contributed by atoms with Crippen LogP contribution in [0.25, 0.3) is 0 Å². The molecule has 4 N–H and O–H groups in total. The fourth-order valence-electron chi connectivity index (χ4n) is 5.14. The molecule has 2 rings (SSSR count). The molecule has 2 aliphatic rings. The Kier molecular flexibility index (Phi) is 35.7. The monoisotopic (exact) mass is 900 g/mol. The SMILES string of the molecule is C=CC(=O)NC1CCCCC1OC(=O)C(=C)C.C=CC(=O)NC1CCCCC1OC(=O)C=C.C=CC(=O)NCCOCCOC(=O)C(=C)C.C=CC(=O)NCCOCCOC(=O)C=C. The minimum atomic E-state index is -0.474. The third kappa shape index (κ3) is 32.3. The molecule has 2 fully saturated rings. The van der Waals surface area contributed by atoms with E-state index in [2.05, 4.69) is 78.6 Å². The molecule has 0 aliphatic heterocycles. The molecule has 0 saturated heterocycles. The summed E-state index contributed by atoms with van der Waals surface area (Å²) in [6.45, 7) is 32.7. The predicted molar refractivity (Wildman–Crippen MR) is 241 cm³/mol. The number of nitrogens with one attached hydrogen (secondary N) is 4. The normalized spacial score (nSPS) is 16.8. The van der Waals surface area contributed by atoms with Crippen LogP contribution in [0.1, 0.15) is 65.2 Å². The molecular weight excluding hydrogens is 833 g/mol. The highest BCUT2D eigenvalue weighted by atomic mass is 16.6. The van der Waals surface area contributed by atoms with Crippen LogP contribution in [-0.2, 0) is 66.8 Å². The third-order valence-electron chi connectivity index (χ3n) is 8.38. The molecule has 2 aliphatic carbocycles. The zero-order valence-corrected chi connectivity index (χ0v) is 37.5. The first-order chi connectivity index (χ1) is 30.5. The second-order valence-electron chi connectivity index (χ2n) is 13.6. The Labute approximate surface area is 377 Å². The molecule has 0 aromatic rings. The summed E-state index contributed by atoms with van der Waals surface area (Å²) in [5.41, 5.74) is 0.739. The average Bonchev–Trinajstić information content (AvgIpc) is 3.29. The Morgan fingerprint density at radius 2 is 0.859 bits per heavy atom. The lowest BCUT2D eigenvalue weighted by Crippen LogP contribution is -2.46. The molecule has 2 saturated carbocycles. The quantitative estimate of drug-likeness (QED) is 0.0470. The fourth-order valence-corrected chi connectivity index (χ4v) is 5.14. The van der Waals surface area contributed by atoms with Gasteiger partial charge in [0, 0.05) is 36.4 Å². The highest BCUT2D eigenvalue weighted by Gasteiger charge is 2.30. The number of carbonyl (C=O) groups excluding carboxylic acids is 8. The predicted octanol–water partition coefficient (Wildman–Crippen LogP) is 3.51. The standard InChI is InChI=1S/C13H19NO3.C12H17NO3.C11H17NO4.C10H15NO4/c1-4-12(15)14-10-7-5-6-8-11(10)17-13(16)9(2)3;1-3-11(14)13-9-7-5-6-8-10(9)16-12(15)4-2;1-4-10(13)12-5-6-15-7-8-16-11(14)9(2)3;1-3-9(12)11-5-6-14-7-8-15-10(13)4-2/h4,10-11H,1-2,5-8H2,3H3,(H,14,15);3-4,9-10H,1-2,5-8H2,(H,13,14);4H,1-2,5-8H2,3H3,(H,12,13);3-4H,1-2,5-8H2,(H,11,12). The number of hydrogen-bond acceptors (Lipinski definition) is 14. The van der Waals surface area contributed by atoms with Crippen molar-refractivity contribution in [1.29, 1.82) is 0 Å². The molecule has 4 atom stereocenters. The molecule has 0 bridgehead atoms. The maximum atomic E-state index is 11.5. The van der Waals surface area contributed by atoms with Gasteiger partial charge in [0.1, 0.15) is 25.4 Å². The lowest BCUT2D eigenvalue weighted by atomic mass is 9.92. The van der Waals surface area contributed by atoms with Crippen molar-refractivity contribution < 1.29 is 66.8 Å². The Balaban J connectivity index is 0. The minimum absolute atomic E-state index is 0.108. The zero-order chi connectivity index (χ0) is 48.7. The first kappa shape index (κ1) is 59.7. The van der Waals surface area contributed by atoms with E-state index < -0.39 is 23.9 Å². The van der Waals surface area contributed by atoms with Crippen LogP contribution < -0.4 is 21.3 Å². The van der Waals surface area contributed by atoms with E-state index in [0.717, 1.165) is 63.5 Å². The summed E-state index contributed by atoms with van der Waals surface area (Å²) < 4.78 is 30.1. The van der Waals surface area contributed by atoms with Crippen molar-refractivity contribution in [2.45, 2.75) is 89.5 Å². The van der Waals surface area contributed by atoms with E-state index in [-0.39, 0.29) is 61.1 Å². The molecule has 4 unspecified atom stereocenters. The molecule has 0 spiro atoms. The molecule has 0 heterocycles. The van der Waals surface area contributed by atoms with Crippen LogP contribution in [0.4, 0.5) is 0 Å². The van der Waals surface area contributed by atoms with Crippen molar-refractivity contribution in [3.05, 3.63) is 100 Å². The van der Waals surface area contributed by atoms with Crippen molar-refractivity contribution in [3.8, 4) is 0 Å². The number of carbonyl (C=O) groups is 8. The third-order valence-corrected chi connectivity index (χ3v) is 8.38. The van der Waals surface area contributed by atoms with Crippen molar-refractivity contribution in [2.24, 2.45) is 0 Å². The molecule has 356 valence electrons. The maximum absolute atomic E-state index is 11.5. The average molecular weight is 901 g/mol. The lowest BCUT2D eigenvalue weighted by molar-refractivity contribution is -0.148. The second-order valence-corrected chi connectivity index (χ2v) is 13.6. The second kappa shape index (κ2) is 38.3. The smallest absolute Gasteiger partial charge is 0.333 e. The van der Waals surface area contributed by atoms with E-state index in [1.165, 1.54) is 24.3 Å². The van der Waals surface area contributed by atoms with Gasteiger partial charge in [-0.1, -0.05) is 65.5 Å². The van der Waals surface area contributed by atoms with Gasteiger partial charge in [-0.15, -0.1) is 0 Å². The van der Waals surface area contributed by atoms with Crippen LogP contribution in [0.2, 0.25) is 0 Å². The van der Waals surface area contributed by atoms with Crippen LogP contribution in [0, 0.1) is 0 Å². The molecule has 0 aromatic carbocycles. The van der Waals surface area contributed by atoms with E-state index in [1.54, 1.807) is 13.8 Å². The van der Waals surface area contributed by atoms with Gasteiger partial charge in [0.05, 0.1) is 38.5 Å². The van der Waals surface area contributed by atoms with Crippen LogP contribution >= 0.6 is 0 Å². The number of rotatable bonds is 24. The van der Waals surface area contributed by atoms with Gasteiger partial charge in [-0.05, 0) is 76.7 Å². The van der Waals surface area contributed by atoms with Gasteiger partial charge in [-0.3, -0.25) is 19.2 Å². The molecule has 4 amide bonds. The lowest BCUT2D eigenvalue weighted by Gasteiger charge is -2.31. The molecule has 64 heavy (non-hydrogen) atoms. The van der Waals surface area contributed by atoms with Gasteiger partial charge in [0.2, 0.25) is 23.6 Å². The Morgan fingerprint density at radius 1 is 0.469 bits per heavy atom. The van der Waals surface area contributed by atoms with Gasteiger partial charge in [-0.2, -0.15) is 0 Å². The van der Waals surface area contributed by atoms with E-state index in [4.69, 9.17) is 23.7 Å². The van der Waals surface area contributed by atoms with E-state index in [1.807, 2.05) is 0 Å². The van der Waals surface area contributed by atoms with Gasteiger partial charge >= 0.3 is 23.9 Å². The maximum Gasteiger partial charge on any atom is 0.333 e. The summed E-state index contributed by atoms with van der Waals surface area (Å²) in [6, 6.07) is -0.222. The van der Waals surface area contributed by atoms with Gasteiger partial charge < -0.3 is 49.7 Å². The number of esters is 4. The molecular formula is C46H68N4O14. The number of ether oxygens (including phenoxy) is 6. The first-order valence-electron chi connectivity index (χ1n) is 20.6. The number of amides is 4. The highest BCUT2D eigenvalue weighted by Crippen LogP contribution is 2.23. The Morgan fingerprint density at radius 3 is 1.25 bits per heavy atom. The van der Waals surface area contributed by atoms with Crippen molar-refractivity contribution >= 4 is 47.5 Å². The van der Waals surface area contributed by atoms with Crippen LogP contribution in [0.3, 0.4) is 0 Å². The molecule has 18 nitrogen and oxygen atoms in total. The van der Waals surface area contributed by atoms with Crippen molar-refractivity contribution in [2.75, 3.05) is 52.7 Å². The van der Waals surface area contributed by atoms with E-state index in [9.17, 15) is 38.4 Å². The van der Waals surface area contributed by atoms with Gasteiger partial charge in [0.15, 0.2) is 0 Å². The minimum Gasteiger partial charge on any atom is -0.460 e. The summed E-state index contributed by atoms with van der Waals surface area (Å²) in [6.07, 6.45) is 13.8. The fraction of sp³-hybridized carbons (Fsp3) is 0.478. The molecule has 18 heteroatoms. The Bertz CT molecular complexity index is 1550. The van der Waals surface area contributed by atoms with E-state index in [0.29, 0.717) is 50.7 Å². The summed E-state index contributed by atoms with van der Waals surface area (Å²) >= 11 is 0. The summed E-state index contributed by atoms with van der Waals surface area (Å²) in [5.74, 6) is -2.67. The summed E-state index contributed by atoms with van der Waals surface area (Å²) in [5, 5.41) is 10.7. The zero-order valence-electron chi connectivity index (χ0n) is 37.5. The van der Waals surface area contributed by atoms with Crippen LogP contribution in [0.15, 0.2) is 100 Å². The van der Waals surface area contributed by atoms with Crippen molar-refractivity contribution in [3.63, 3.8) is 0 Å². The molecule has 0 aromatic heterocycles. The van der Waals surface area contributed by atoms with Crippen molar-refractivity contribution in [1.82, 2.24) is 21.3 Å². The first-order valence-corrected chi connectivity index (χ1v) is 20.6.